The van der Waals surface area contributed by atoms with E-state index in [0.29, 0.717) is 16.6 Å². The summed E-state index contributed by atoms with van der Waals surface area (Å²) in [5.74, 6) is -1.05. The molecule has 0 bridgehead atoms. The van der Waals surface area contributed by atoms with E-state index in [2.05, 4.69) is 9.94 Å². The van der Waals surface area contributed by atoms with Gasteiger partial charge in [0.15, 0.2) is 11.6 Å². The highest BCUT2D eigenvalue weighted by Gasteiger charge is 2.16. The van der Waals surface area contributed by atoms with Crippen LogP contribution in [0.4, 0.5) is 10.2 Å². The van der Waals surface area contributed by atoms with Gasteiger partial charge in [0, 0.05) is 11.5 Å². The summed E-state index contributed by atoms with van der Waals surface area (Å²) in [5, 5.41) is 24.3. The molecule has 5 nitrogen and oxygen atoms in total. The maximum absolute atomic E-state index is 13.3. The first-order chi connectivity index (χ1) is 13.0. The molecule has 4 aromatic rings. The molecule has 0 spiro atoms. The molecule has 0 saturated carbocycles. The van der Waals surface area contributed by atoms with Crippen LogP contribution >= 0.6 is 11.6 Å². The van der Waals surface area contributed by atoms with Crippen LogP contribution in [-0.2, 0) is 0 Å². The minimum absolute atomic E-state index is 0.00715. The third-order valence-electron chi connectivity index (χ3n) is 4.22. The topological polar surface area (TPSA) is 62.6 Å². The highest BCUT2D eigenvalue weighted by molar-refractivity contribution is 6.32. The van der Waals surface area contributed by atoms with Gasteiger partial charge in [-0.1, -0.05) is 36.4 Å². The Balaban J connectivity index is 1.91. The van der Waals surface area contributed by atoms with Crippen LogP contribution in [0.2, 0.25) is 5.02 Å². The highest BCUT2D eigenvalue weighted by Crippen LogP contribution is 2.35. The molecule has 4 rings (SSSR count). The molecule has 3 aromatic carbocycles. The van der Waals surface area contributed by atoms with Gasteiger partial charge in [0.05, 0.1) is 16.2 Å². The number of hydrogen-bond donors (Lipinski definition) is 2. The molecule has 0 saturated heterocycles. The first-order valence-corrected chi connectivity index (χ1v) is 8.24. The molecule has 0 radical (unpaired) electrons. The van der Waals surface area contributed by atoms with Crippen molar-refractivity contribution in [3.8, 4) is 28.3 Å². The monoisotopic (exact) mass is 379 g/mol. The van der Waals surface area contributed by atoms with Crippen LogP contribution in [0.1, 0.15) is 0 Å². The van der Waals surface area contributed by atoms with Gasteiger partial charge >= 0.3 is 5.82 Å². The molecule has 7 heteroatoms. The summed E-state index contributed by atoms with van der Waals surface area (Å²) in [6, 6.07) is 14.2. The molecule has 0 aliphatic rings. The van der Waals surface area contributed by atoms with E-state index in [1.807, 2.05) is 6.07 Å². The summed E-state index contributed by atoms with van der Waals surface area (Å²) in [6.07, 6.45) is 0. The second kappa shape index (κ2) is 6.31. The summed E-state index contributed by atoms with van der Waals surface area (Å²) >= 11 is 5.98. The van der Waals surface area contributed by atoms with Crippen molar-refractivity contribution in [3.05, 3.63) is 76.9 Å². The van der Waals surface area contributed by atoms with Crippen LogP contribution in [0, 0.1) is 12.4 Å². The zero-order valence-corrected chi connectivity index (χ0v) is 14.4. The van der Waals surface area contributed by atoms with Gasteiger partial charge < -0.3 is 15.1 Å². The molecule has 2 N–H and O–H groups in total. The molecule has 0 atom stereocenters. The fraction of sp³-hybridized carbons (Fsp3) is 0. The van der Waals surface area contributed by atoms with Crippen LogP contribution in [0.15, 0.2) is 54.6 Å². The van der Waals surface area contributed by atoms with E-state index in [4.69, 9.17) is 18.2 Å². The minimum atomic E-state index is -0.730. The normalized spacial score (nSPS) is 10.9. The van der Waals surface area contributed by atoms with E-state index >= 15 is 0 Å². The summed E-state index contributed by atoms with van der Waals surface area (Å²) < 4.78 is 14.8. The zero-order valence-electron chi connectivity index (χ0n) is 13.7. The Morgan fingerprint density at radius 3 is 2.41 bits per heavy atom. The van der Waals surface area contributed by atoms with E-state index < -0.39 is 11.6 Å². The number of rotatable bonds is 2. The number of phenols is 2. The van der Waals surface area contributed by atoms with E-state index in [0.717, 1.165) is 17.2 Å². The first kappa shape index (κ1) is 16.9. The van der Waals surface area contributed by atoms with Crippen molar-refractivity contribution in [2.45, 2.75) is 0 Å². The van der Waals surface area contributed by atoms with E-state index in [1.165, 1.54) is 22.9 Å². The first-order valence-electron chi connectivity index (χ1n) is 7.86. The Morgan fingerprint density at radius 2 is 1.70 bits per heavy atom. The molecular weight excluding hydrogens is 369 g/mol. The molecule has 1 aromatic heterocycles. The number of nitrogens with zero attached hydrogens (tertiary/aromatic N) is 3. The lowest BCUT2D eigenvalue weighted by molar-refractivity contribution is 0.432. The summed E-state index contributed by atoms with van der Waals surface area (Å²) in [4.78, 5) is 3.47. The largest absolute Gasteiger partial charge is 0.506 e. The average molecular weight is 380 g/mol. The molecule has 0 aliphatic heterocycles. The van der Waals surface area contributed by atoms with Gasteiger partial charge in [-0.15, -0.1) is 0 Å². The third-order valence-corrected chi connectivity index (χ3v) is 4.52. The summed E-state index contributed by atoms with van der Waals surface area (Å²) in [6.45, 7) is 7.40. The van der Waals surface area contributed by atoms with Gasteiger partial charge in [-0.3, -0.25) is 0 Å². The Morgan fingerprint density at radius 1 is 0.963 bits per heavy atom. The summed E-state index contributed by atoms with van der Waals surface area (Å²) in [7, 11) is 0. The standard InChI is InChI=1S/C20H11ClFN3O2/c1-23-20-14-8-11(12-3-7-18(26)15(21)9-12)2-6-17(14)25(24-20)13-4-5-16(22)19(27)10-13/h2-10,26-27H. The predicted molar refractivity (Wildman–Crippen MR) is 101 cm³/mol. The number of hydrogen-bond acceptors (Lipinski definition) is 3. The number of fused-ring (bicyclic) bond motifs is 1. The van der Waals surface area contributed by atoms with Crippen LogP contribution in [0.5, 0.6) is 11.5 Å². The molecule has 27 heavy (non-hydrogen) atoms. The van der Waals surface area contributed by atoms with Crippen molar-refractivity contribution in [3.63, 3.8) is 0 Å². The van der Waals surface area contributed by atoms with Gasteiger partial charge in [0.2, 0.25) is 0 Å². The van der Waals surface area contributed by atoms with Crippen molar-refractivity contribution in [1.29, 1.82) is 0 Å². The van der Waals surface area contributed by atoms with Crippen molar-refractivity contribution in [2.75, 3.05) is 0 Å². The number of aromatic nitrogens is 2. The lowest BCUT2D eigenvalue weighted by Gasteiger charge is -2.05. The molecule has 1 heterocycles. The van der Waals surface area contributed by atoms with Crippen molar-refractivity contribution >= 4 is 28.3 Å². The smallest absolute Gasteiger partial charge is 0.303 e. The number of aromatic hydroxyl groups is 2. The van der Waals surface area contributed by atoms with Crippen LogP contribution < -0.4 is 0 Å². The molecular formula is C20H11ClFN3O2. The van der Waals surface area contributed by atoms with E-state index in [9.17, 15) is 14.6 Å². The van der Waals surface area contributed by atoms with Gasteiger partial charge in [-0.2, -0.15) is 4.68 Å². The second-order valence-corrected chi connectivity index (χ2v) is 6.29. The van der Waals surface area contributed by atoms with E-state index in [1.54, 1.807) is 24.3 Å². The Bertz CT molecular complexity index is 1240. The number of phenolic OH excluding ortho intramolecular Hbond substituents is 2. The molecule has 0 unspecified atom stereocenters. The Labute approximate surface area is 158 Å². The van der Waals surface area contributed by atoms with Gasteiger partial charge in [-0.05, 0) is 46.6 Å². The number of benzene rings is 3. The van der Waals surface area contributed by atoms with Crippen LogP contribution in [0.25, 0.3) is 32.6 Å². The Hall–Kier alpha value is -3.56. The molecule has 0 aliphatic carbocycles. The van der Waals surface area contributed by atoms with Gasteiger partial charge in [0.1, 0.15) is 5.75 Å². The highest BCUT2D eigenvalue weighted by atomic mass is 35.5. The van der Waals surface area contributed by atoms with Gasteiger partial charge in [-0.25, -0.2) is 4.39 Å². The minimum Gasteiger partial charge on any atom is -0.506 e. The van der Waals surface area contributed by atoms with Crippen LogP contribution in [0.3, 0.4) is 0 Å². The average Bonchev–Trinajstić information content (AvgIpc) is 3.04. The predicted octanol–water partition coefficient (Wildman–Crippen LogP) is 5.45. The van der Waals surface area contributed by atoms with Crippen molar-refractivity contribution in [2.24, 2.45) is 0 Å². The SMILES string of the molecule is [C-]#[N+]c1nn(-c2ccc(F)c(O)c2)c2ccc(-c3ccc(O)c(Cl)c3)cc12. The fourth-order valence-corrected chi connectivity index (χ4v) is 3.06. The van der Waals surface area contributed by atoms with Gasteiger partial charge in [0.25, 0.3) is 0 Å². The zero-order chi connectivity index (χ0) is 19.1. The van der Waals surface area contributed by atoms with E-state index in [-0.39, 0.29) is 16.6 Å². The molecule has 132 valence electrons. The number of halogens is 2. The second-order valence-electron chi connectivity index (χ2n) is 5.88. The van der Waals surface area contributed by atoms with Crippen LogP contribution in [-0.4, -0.2) is 20.0 Å². The Kier molecular flexibility index (Phi) is 3.94. The molecule has 0 amide bonds. The fourth-order valence-electron chi connectivity index (χ4n) is 2.88. The quantitative estimate of drug-likeness (QED) is 0.455. The van der Waals surface area contributed by atoms with Crippen molar-refractivity contribution < 1.29 is 14.6 Å². The maximum atomic E-state index is 13.3. The van der Waals surface area contributed by atoms with Crippen molar-refractivity contribution in [1.82, 2.24) is 9.78 Å². The third kappa shape index (κ3) is 2.84. The lowest BCUT2D eigenvalue weighted by atomic mass is 10.0. The summed E-state index contributed by atoms with van der Waals surface area (Å²) in [5.41, 5.74) is 2.66. The molecule has 0 fully saturated rings. The lowest BCUT2D eigenvalue weighted by Crippen LogP contribution is -1.96. The maximum Gasteiger partial charge on any atom is 0.303 e.